The Bertz CT molecular complexity index is 451. The first kappa shape index (κ1) is 8.53. The van der Waals surface area contributed by atoms with Crippen molar-refractivity contribution in [2.24, 2.45) is 0 Å². The van der Waals surface area contributed by atoms with Crippen LogP contribution in [0.5, 0.6) is 0 Å². The first-order chi connectivity index (χ1) is 7.34. The second kappa shape index (κ2) is 3.12. The minimum absolute atomic E-state index is 0.214. The summed E-state index contributed by atoms with van der Waals surface area (Å²) in [5.41, 5.74) is 3.48. The van der Waals surface area contributed by atoms with Gasteiger partial charge in [0, 0.05) is 6.54 Å². The molecular formula is C12H11NO2. The third-order valence-electron chi connectivity index (χ3n) is 2.89. The number of hydrogen-bond acceptors (Lipinski definition) is 2. The van der Waals surface area contributed by atoms with Crippen LogP contribution in [0.4, 0.5) is 4.79 Å². The van der Waals surface area contributed by atoms with Crippen LogP contribution in [-0.4, -0.2) is 24.1 Å². The highest BCUT2D eigenvalue weighted by Crippen LogP contribution is 2.25. The Balaban J connectivity index is 2.07. The standard InChI is InChI=1S/C12H11NO2/c14-12-13-6-5-9-3-1-2-4-10(9)7-11(13)8-15-12/h1-4,7H,5-6,8H2. The van der Waals surface area contributed by atoms with Crippen LogP contribution in [-0.2, 0) is 11.2 Å². The number of benzene rings is 1. The summed E-state index contributed by atoms with van der Waals surface area (Å²) in [7, 11) is 0. The molecule has 1 aromatic carbocycles. The summed E-state index contributed by atoms with van der Waals surface area (Å²) in [6.07, 6.45) is 2.73. The molecule has 1 amide bonds. The van der Waals surface area contributed by atoms with E-state index >= 15 is 0 Å². The molecule has 1 saturated heterocycles. The number of nitrogens with zero attached hydrogens (tertiary/aromatic N) is 1. The molecule has 0 aliphatic carbocycles. The fourth-order valence-electron chi connectivity index (χ4n) is 2.08. The van der Waals surface area contributed by atoms with E-state index in [2.05, 4.69) is 12.1 Å². The number of cyclic esters (lactones) is 1. The lowest BCUT2D eigenvalue weighted by molar-refractivity contribution is 0.159. The lowest BCUT2D eigenvalue weighted by Crippen LogP contribution is -2.24. The summed E-state index contributed by atoms with van der Waals surface area (Å²) in [5.74, 6) is 0. The number of carbonyl (C=O) groups excluding carboxylic acids is 1. The summed E-state index contributed by atoms with van der Waals surface area (Å²) in [4.78, 5) is 13.1. The second-order valence-electron chi connectivity index (χ2n) is 3.79. The van der Waals surface area contributed by atoms with E-state index in [4.69, 9.17) is 4.74 Å². The van der Waals surface area contributed by atoms with E-state index in [1.165, 1.54) is 11.1 Å². The molecule has 0 N–H and O–H groups in total. The molecule has 0 spiro atoms. The van der Waals surface area contributed by atoms with Gasteiger partial charge >= 0.3 is 6.09 Å². The summed E-state index contributed by atoms with van der Waals surface area (Å²) >= 11 is 0. The van der Waals surface area contributed by atoms with Gasteiger partial charge in [-0.15, -0.1) is 0 Å². The molecule has 1 aromatic rings. The van der Waals surface area contributed by atoms with Crippen LogP contribution in [0.2, 0.25) is 0 Å². The predicted octanol–water partition coefficient (Wildman–Crippen LogP) is 2.04. The van der Waals surface area contributed by atoms with Crippen molar-refractivity contribution in [1.82, 2.24) is 4.90 Å². The van der Waals surface area contributed by atoms with Gasteiger partial charge in [0.1, 0.15) is 6.61 Å². The van der Waals surface area contributed by atoms with Gasteiger partial charge in [0.2, 0.25) is 0 Å². The van der Waals surface area contributed by atoms with E-state index in [1.54, 1.807) is 4.90 Å². The SMILES string of the molecule is O=C1OCC2=Cc3ccccc3CCN12. The molecule has 15 heavy (non-hydrogen) atoms. The van der Waals surface area contributed by atoms with Crippen molar-refractivity contribution < 1.29 is 9.53 Å². The molecule has 0 aromatic heterocycles. The molecule has 0 atom stereocenters. The highest BCUT2D eigenvalue weighted by atomic mass is 16.6. The Morgan fingerprint density at radius 3 is 3.07 bits per heavy atom. The highest BCUT2D eigenvalue weighted by Gasteiger charge is 2.28. The number of hydrogen-bond donors (Lipinski definition) is 0. The lowest BCUT2D eigenvalue weighted by Gasteiger charge is -2.11. The average Bonchev–Trinajstić information content (AvgIpc) is 2.51. The Labute approximate surface area is 88.0 Å². The topological polar surface area (TPSA) is 29.5 Å². The molecule has 3 heteroatoms. The Morgan fingerprint density at radius 2 is 2.13 bits per heavy atom. The maximum absolute atomic E-state index is 11.4. The summed E-state index contributed by atoms with van der Waals surface area (Å²) in [5, 5.41) is 0. The Morgan fingerprint density at radius 1 is 1.27 bits per heavy atom. The molecule has 76 valence electrons. The van der Waals surface area contributed by atoms with Crippen LogP contribution in [0, 0.1) is 0 Å². The molecule has 0 saturated carbocycles. The van der Waals surface area contributed by atoms with Crippen LogP contribution in [0.15, 0.2) is 30.0 Å². The molecule has 3 rings (SSSR count). The Hall–Kier alpha value is -1.77. The maximum Gasteiger partial charge on any atom is 0.414 e. The van der Waals surface area contributed by atoms with Crippen LogP contribution in [0.25, 0.3) is 6.08 Å². The largest absolute Gasteiger partial charge is 0.443 e. The minimum atomic E-state index is -0.214. The van der Waals surface area contributed by atoms with Gasteiger partial charge in [-0.25, -0.2) is 4.79 Å². The number of rotatable bonds is 0. The van der Waals surface area contributed by atoms with E-state index in [9.17, 15) is 4.79 Å². The maximum atomic E-state index is 11.4. The summed E-state index contributed by atoms with van der Waals surface area (Å²) in [6, 6.07) is 8.24. The third kappa shape index (κ3) is 1.31. The lowest BCUT2D eigenvalue weighted by atomic mass is 10.1. The molecule has 2 aliphatic heterocycles. The van der Waals surface area contributed by atoms with E-state index in [-0.39, 0.29) is 6.09 Å². The van der Waals surface area contributed by atoms with Crippen molar-refractivity contribution >= 4 is 12.2 Å². The van der Waals surface area contributed by atoms with Crippen molar-refractivity contribution in [2.45, 2.75) is 6.42 Å². The van der Waals surface area contributed by atoms with Crippen molar-refractivity contribution in [3.8, 4) is 0 Å². The Kier molecular flexibility index (Phi) is 1.78. The van der Waals surface area contributed by atoms with Crippen molar-refractivity contribution in [2.75, 3.05) is 13.2 Å². The van der Waals surface area contributed by atoms with E-state index in [0.29, 0.717) is 6.61 Å². The molecule has 3 nitrogen and oxygen atoms in total. The fraction of sp³-hybridized carbons (Fsp3) is 0.250. The third-order valence-corrected chi connectivity index (χ3v) is 2.89. The summed E-state index contributed by atoms with van der Waals surface area (Å²) in [6.45, 7) is 1.13. The monoisotopic (exact) mass is 201 g/mol. The zero-order valence-corrected chi connectivity index (χ0v) is 8.27. The van der Waals surface area contributed by atoms with E-state index < -0.39 is 0 Å². The van der Waals surface area contributed by atoms with Gasteiger partial charge < -0.3 is 4.74 Å². The molecule has 2 aliphatic rings. The minimum Gasteiger partial charge on any atom is -0.443 e. The molecule has 0 radical (unpaired) electrons. The molecule has 1 fully saturated rings. The number of carbonyl (C=O) groups is 1. The summed E-state index contributed by atoms with van der Waals surface area (Å²) < 4.78 is 4.99. The van der Waals surface area contributed by atoms with Crippen LogP contribution in [0.1, 0.15) is 11.1 Å². The molecule has 0 unspecified atom stereocenters. The van der Waals surface area contributed by atoms with Crippen molar-refractivity contribution in [1.29, 1.82) is 0 Å². The first-order valence-corrected chi connectivity index (χ1v) is 5.07. The van der Waals surface area contributed by atoms with Gasteiger partial charge in [0.05, 0.1) is 5.70 Å². The van der Waals surface area contributed by atoms with Crippen LogP contribution >= 0.6 is 0 Å². The quantitative estimate of drug-likeness (QED) is 0.642. The molecule has 0 bridgehead atoms. The normalized spacial score (nSPS) is 18.8. The predicted molar refractivity (Wildman–Crippen MR) is 56.2 cm³/mol. The average molecular weight is 201 g/mol. The van der Waals surface area contributed by atoms with E-state index in [1.807, 2.05) is 18.2 Å². The van der Waals surface area contributed by atoms with Gasteiger partial charge in [-0.2, -0.15) is 0 Å². The fourth-order valence-corrected chi connectivity index (χ4v) is 2.08. The molecular weight excluding hydrogens is 190 g/mol. The van der Waals surface area contributed by atoms with Gasteiger partial charge in [0.25, 0.3) is 0 Å². The number of fused-ring (bicyclic) bond motifs is 2. The van der Waals surface area contributed by atoms with Gasteiger partial charge in [-0.05, 0) is 23.6 Å². The van der Waals surface area contributed by atoms with Crippen LogP contribution < -0.4 is 0 Å². The molecule has 2 heterocycles. The zero-order valence-electron chi connectivity index (χ0n) is 8.27. The van der Waals surface area contributed by atoms with Gasteiger partial charge in [-0.3, -0.25) is 4.90 Å². The smallest absolute Gasteiger partial charge is 0.414 e. The van der Waals surface area contributed by atoms with Crippen LogP contribution in [0.3, 0.4) is 0 Å². The number of amides is 1. The van der Waals surface area contributed by atoms with Gasteiger partial charge in [0.15, 0.2) is 0 Å². The first-order valence-electron chi connectivity index (χ1n) is 5.07. The van der Waals surface area contributed by atoms with E-state index in [0.717, 1.165) is 18.7 Å². The number of ether oxygens (including phenoxy) is 1. The highest BCUT2D eigenvalue weighted by molar-refractivity contribution is 5.76. The van der Waals surface area contributed by atoms with Crippen molar-refractivity contribution in [3.05, 3.63) is 41.1 Å². The van der Waals surface area contributed by atoms with Crippen molar-refractivity contribution in [3.63, 3.8) is 0 Å². The zero-order chi connectivity index (χ0) is 10.3. The second-order valence-corrected chi connectivity index (χ2v) is 3.79. The van der Waals surface area contributed by atoms with Gasteiger partial charge in [-0.1, -0.05) is 24.3 Å².